The summed E-state index contributed by atoms with van der Waals surface area (Å²) in [6.07, 6.45) is 1.48. The molecule has 0 bridgehead atoms. The summed E-state index contributed by atoms with van der Waals surface area (Å²) in [5.74, 6) is -0.942. The van der Waals surface area contributed by atoms with Crippen molar-refractivity contribution in [2.75, 3.05) is 43.5 Å². The molecule has 1 aliphatic rings. The first-order valence-electron chi connectivity index (χ1n) is 11.6. The van der Waals surface area contributed by atoms with Crippen LogP contribution in [-0.2, 0) is 14.3 Å². The fourth-order valence-corrected chi connectivity index (χ4v) is 4.30. The molecule has 2 aromatic carbocycles. The Bertz CT molecular complexity index is 1040. The predicted octanol–water partition coefficient (Wildman–Crippen LogP) is 4.79. The second-order valence-corrected chi connectivity index (χ2v) is 8.32. The van der Waals surface area contributed by atoms with Gasteiger partial charge in [0.1, 0.15) is 11.9 Å². The van der Waals surface area contributed by atoms with Crippen molar-refractivity contribution in [2.45, 2.75) is 32.7 Å². The van der Waals surface area contributed by atoms with E-state index in [4.69, 9.17) is 11.3 Å². The van der Waals surface area contributed by atoms with Gasteiger partial charge in [-0.3, -0.25) is 9.69 Å². The molecule has 2 aromatic rings. The number of piperazine rings is 1. The number of esters is 1. The van der Waals surface area contributed by atoms with Crippen molar-refractivity contribution < 1.29 is 18.7 Å². The molecule has 1 heterocycles. The average Bonchev–Trinajstić information content (AvgIpc) is 2.86. The second kappa shape index (κ2) is 11.6. The fraction of sp³-hybridized carbons (Fsp3) is 0.423. The molecule has 3 rings (SSSR count). The molecule has 0 aliphatic carbocycles. The van der Waals surface area contributed by atoms with E-state index in [1.807, 2.05) is 23.6 Å². The zero-order valence-electron chi connectivity index (χ0n) is 19.9. The largest absolute Gasteiger partial charge is 0.468 e. The maximum atomic E-state index is 14.9. The van der Waals surface area contributed by atoms with Gasteiger partial charge in [-0.25, -0.2) is 14.0 Å². The van der Waals surface area contributed by atoms with Crippen molar-refractivity contribution >= 4 is 28.9 Å². The van der Waals surface area contributed by atoms with Gasteiger partial charge in [0.05, 0.1) is 19.4 Å². The van der Waals surface area contributed by atoms with Gasteiger partial charge < -0.3 is 15.0 Å². The summed E-state index contributed by atoms with van der Waals surface area (Å²) in [5, 5.41) is 2.81. The average molecular weight is 467 g/mol. The molecule has 1 saturated heterocycles. The minimum absolute atomic E-state index is 0.0869. The molecule has 0 radical (unpaired) electrons. The normalized spacial score (nSPS) is 15.0. The second-order valence-electron chi connectivity index (χ2n) is 8.32. The van der Waals surface area contributed by atoms with Crippen LogP contribution >= 0.6 is 0 Å². The SMILES string of the molecule is [C-]#[N+]c1ccc(C(C(=O)OC)N2CCN(c3ccc(NC(=O)C(CC)CC)cc3F)CC2)cc1. The lowest BCUT2D eigenvalue weighted by Crippen LogP contribution is -2.49. The summed E-state index contributed by atoms with van der Waals surface area (Å²) in [6, 6.07) is 11.1. The summed E-state index contributed by atoms with van der Waals surface area (Å²) in [7, 11) is 1.36. The number of nitrogens with one attached hydrogen (secondary N) is 1. The number of carbonyl (C=O) groups excluding carboxylic acids is 2. The third-order valence-electron chi connectivity index (χ3n) is 6.35. The number of benzene rings is 2. The molecule has 0 aromatic heterocycles. The maximum absolute atomic E-state index is 14.9. The van der Waals surface area contributed by atoms with E-state index < -0.39 is 11.9 Å². The van der Waals surface area contributed by atoms with Gasteiger partial charge in [0.15, 0.2) is 5.69 Å². The summed E-state index contributed by atoms with van der Waals surface area (Å²) >= 11 is 0. The molecule has 180 valence electrons. The van der Waals surface area contributed by atoms with Crippen molar-refractivity contribution in [3.63, 3.8) is 0 Å². The Morgan fingerprint density at radius 2 is 1.74 bits per heavy atom. The first kappa shape index (κ1) is 25.2. The number of ether oxygens (including phenoxy) is 1. The number of halogens is 1. The molecule has 8 heteroatoms. The minimum Gasteiger partial charge on any atom is -0.468 e. The van der Waals surface area contributed by atoms with Crippen LogP contribution in [0.3, 0.4) is 0 Å². The van der Waals surface area contributed by atoms with Crippen molar-refractivity contribution in [3.8, 4) is 0 Å². The molecular formula is C26H31FN4O3. The lowest BCUT2D eigenvalue weighted by molar-refractivity contribution is -0.147. The van der Waals surface area contributed by atoms with Gasteiger partial charge in [-0.05, 0) is 36.6 Å². The van der Waals surface area contributed by atoms with Crippen LogP contribution in [0.1, 0.15) is 38.3 Å². The minimum atomic E-state index is -0.584. The van der Waals surface area contributed by atoms with E-state index in [1.165, 1.54) is 13.2 Å². The third-order valence-corrected chi connectivity index (χ3v) is 6.35. The van der Waals surface area contributed by atoms with Crippen molar-refractivity contribution in [1.82, 2.24) is 4.90 Å². The first-order chi connectivity index (χ1) is 16.4. The van der Waals surface area contributed by atoms with Crippen LogP contribution in [0.4, 0.5) is 21.5 Å². The predicted molar refractivity (Wildman–Crippen MR) is 130 cm³/mol. The van der Waals surface area contributed by atoms with Crippen LogP contribution in [0.15, 0.2) is 42.5 Å². The smallest absolute Gasteiger partial charge is 0.327 e. The summed E-state index contributed by atoms with van der Waals surface area (Å²) in [4.78, 5) is 32.2. The van der Waals surface area contributed by atoms with Crippen LogP contribution in [0.25, 0.3) is 4.85 Å². The Morgan fingerprint density at radius 3 is 2.26 bits per heavy atom. The zero-order chi connectivity index (χ0) is 24.7. The number of methoxy groups -OCH3 is 1. The molecule has 1 fully saturated rings. The highest BCUT2D eigenvalue weighted by Crippen LogP contribution is 2.29. The van der Waals surface area contributed by atoms with E-state index >= 15 is 0 Å². The lowest BCUT2D eigenvalue weighted by Gasteiger charge is -2.39. The Hall–Kier alpha value is -3.44. The summed E-state index contributed by atoms with van der Waals surface area (Å²) < 4.78 is 20.0. The number of hydrogen-bond donors (Lipinski definition) is 1. The van der Waals surface area contributed by atoms with Crippen LogP contribution in [0, 0.1) is 18.3 Å². The molecule has 1 N–H and O–H groups in total. The van der Waals surface area contributed by atoms with E-state index in [9.17, 15) is 14.0 Å². The van der Waals surface area contributed by atoms with Crippen LogP contribution < -0.4 is 10.2 Å². The van der Waals surface area contributed by atoms with Crippen molar-refractivity contribution in [1.29, 1.82) is 0 Å². The number of carbonyl (C=O) groups is 2. The van der Waals surface area contributed by atoms with Crippen LogP contribution in [0.5, 0.6) is 0 Å². The van der Waals surface area contributed by atoms with Gasteiger partial charge in [0, 0.05) is 37.8 Å². The number of anilines is 2. The Kier molecular flexibility index (Phi) is 8.61. The summed E-state index contributed by atoms with van der Waals surface area (Å²) in [5.41, 5.74) is 2.19. The van der Waals surface area contributed by atoms with Gasteiger partial charge in [0.2, 0.25) is 5.91 Å². The summed E-state index contributed by atoms with van der Waals surface area (Å²) in [6.45, 7) is 13.2. The molecular weight excluding hydrogens is 435 g/mol. The van der Waals surface area contributed by atoms with E-state index in [2.05, 4.69) is 10.2 Å². The highest BCUT2D eigenvalue weighted by Gasteiger charge is 2.32. The molecule has 0 spiro atoms. The van der Waals surface area contributed by atoms with E-state index in [0.717, 1.165) is 18.4 Å². The number of amides is 1. The molecule has 7 nitrogen and oxygen atoms in total. The zero-order valence-corrected chi connectivity index (χ0v) is 19.9. The lowest BCUT2D eigenvalue weighted by atomic mass is 10.0. The highest BCUT2D eigenvalue weighted by atomic mass is 19.1. The maximum Gasteiger partial charge on any atom is 0.327 e. The molecule has 1 amide bonds. The van der Waals surface area contributed by atoms with Crippen LogP contribution in [0.2, 0.25) is 0 Å². The Labute approximate surface area is 200 Å². The molecule has 0 saturated carbocycles. The van der Waals surface area contributed by atoms with Gasteiger partial charge in [-0.15, -0.1) is 0 Å². The monoisotopic (exact) mass is 466 g/mol. The van der Waals surface area contributed by atoms with E-state index in [0.29, 0.717) is 43.2 Å². The van der Waals surface area contributed by atoms with Gasteiger partial charge in [0.25, 0.3) is 0 Å². The Balaban J connectivity index is 1.68. The number of rotatable bonds is 8. The van der Waals surface area contributed by atoms with E-state index in [-0.39, 0.29) is 17.8 Å². The quantitative estimate of drug-likeness (QED) is 0.448. The van der Waals surface area contributed by atoms with Gasteiger partial charge in [-0.1, -0.05) is 38.1 Å². The highest BCUT2D eigenvalue weighted by molar-refractivity contribution is 5.92. The van der Waals surface area contributed by atoms with E-state index in [1.54, 1.807) is 36.4 Å². The third kappa shape index (κ3) is 5.72. The first-order valence-corrected chi connectivity index (χ1v) is 11.6. The van der Waals surface area contributed by atoms with Gasteiger partial charge >= 0.3 is 5.97 Å². The Morgan fingerprint density at radius 1 is 1.09 bits per heavy atom. The van der Waals surface area contributed by atoms with Gasteiger partial charge in [-0.2, -0.15) is 0 Å². The van der Waals surface area contributed by atoms with Crippen molar-refractivity contribution in [2.24, 2.45) is 5.92 Å². The fourth-order valence-electron chi connectivity index (χ4n) is 4.30. The van der Waals surface area contributed by atoms with Crippen molar-refractivity contribution in [3.05, 3.63) is 65.3 Å². The topological polar surface area (TPSA) is 66.2 Å². The molecule has 1 unspecified atom stereocenters. The number of nitrogens with zero attached hydrogens (tertiary/aromatic N) is 3. The number of hydrogen-bond acceptors (Lipinski definition) is 5. The van der Waals surface area contributed by atoms with Crippen LogP contribution in [-0.4, -0.2) is 50.1 Å². The standard InChI is InChI=1S/C26H31FN4O3/c1-5-18(6-2)25(32)29-21-11-12-23(22(27)17-21)30-13-15-31(16-14-30)24(26(33)34-4)19-7-9-20(28-3)10-8-19/h7-12,17-18,24H,5-6,13-16H2,1-2,4H3,(H,29,32). The molecule has 1 aliphatic heterocycles. The molecule has 34 heavy (non-hydrogen) atoms. The molecule has 1 atom stereocenters.